The molecule has 3 aromatic heterocycles. The van der Waals surface area contributed by atoms with Crippen LogP contribution in [0.3, 0.4) is 0 Å². The van der Waals surface area contributed by atoms with E-state index in [4.69, 9.17) is 21.2 Å². The summed E-state index contributed by atoms with van der Waals surface area (Å²) in [5, 5.41) is 13.4. The number of aliphatic hydroxyl groups is 1. The van der Waals surface area contributed by atoms with E-state index in [0.29, 0.717) is 32.0 Å². The van der Waals surface area contributed by atoms with Crippen LogP contribution in [0.1, 0.15) is 18.1 Å². The van der Waals surface area contributed by atoms with E-state index in [1.807, 2.05) is 0 Å². The highest BCUT2D eigenvalue weighted by Gasteiger charge is 2.26. The number of alkyl halides is 2. The summed E-state index contributed by atoms with van der Waals surface area (Å²) >= 11 is 9.48. The number of aliphatic hydroxyl groups excluding tert-OH is 1. The molecule has 0 radical (unpaired) electrons. The Morgan fingerprint density at radius 3 is 2.71 bits per heavy atom. The molecule has 10 heteroatoms. The van der Waals surface area contributed by atoms with E-state index in [2.05, 4.69) is 31.1 Å². The molecule has 1 N–H and O–H groups in total. The summed E-state index contributed by atoms with van der Waals surface area (Å²) < 4.78 is 34.5. The molecule has 0 saturated carbocycles. The Morgan fingerprint density at radius 1 is 1.25 bits per heavy atom. The molecule has 0 saturated heterocycles. The van der Waals surface area contributed by atoms with Gasteiger partial charge in [-0.05, 0) is 39.7 Å². The van der Waals surface area contributed by atoms with Crippen LogP contribution in [0.25, 0.3) is 28.6 Å². The van der Waals surface area contributed by atoms with Gasteiger partial charge >= 0.3 is 0 Å². The maximum atomic E-state index is 13.7. The molecule has 1 aromatic carbocycles. The van der Waals surface area contributed by atoms with Crippen molar-refractivity contribution in [3.8, 4) is 23.0 Å². The number of imidazole rings is 1. The molecule has 0 spiro atoms. The van der Waals surface area contributed by atoms with Crippen LogP contribution in [-0.2, 0) is 12.5 Å². The molecule has 3 heterocycles. The van der Waals surface area contributed by atoms with Crippen LogP contribution in [-0.4, -0.2) is 24.6 Å². The first kappa shape index (κ1) is 19.0. The number of rotatable bonds is 4. The zero-order valence-electron chi connectivity index (χ0n) is 14.3. The molecule has 144 valence electrons. The molecule has 4 rings (SSSR count). The first-order valence-electron chi connectivity index (χ1n) is 8.06. The Bertz CT molecular complexity index is 1190. The highest BCUT2D eigenvalue weighted by Crippen LogP contribution is 2.32. The van der Waals surface area contributed by atoms with Gasteiger partial charge in [0.1, 0.15) is 5.69 Å². The van der Waals surface area contributed by atoms with Gasteiger partial charge in [-0.1, -0.05) is 22.8 Å². The van der Waals surface area contributed by atoms with Crippen LogP contribution in [0.5, 0.6) is 0 Å². The van der Waals surface area contributed by atoms with Crippen molar-refractivity contribution in [1.29, 1.82) is 0 Å². The minimum Gasteiger partial charge on any atom is -0.392 e. The van der Waals surface area contributed by atoms with E-state index in [-0.39, 0.29) is 23.9 Å². The van der Waals surface area contributed by atoms with Gasteiger partial charge in [-0.25, -0.2) is 13.8 Å². The van der Waals surface area contributed by atoms with Crippen molar-refractivity contribution in [2.75, 3.05) is 0 Å². The first-order valence-corrected chi connectivity index (χ1v) is 9.23. The Kier molecular flexibility index (Phi) is 4.68. The number of hydrogen-bond acceptors (Lipinski definition) is 5. The number of benzene rings is 1. The van der Waals surface area contributed by atoms with Gasteiger partial charge in [0.05, 0.1) is 16.1 Å². The molecule has 0 aliphatic heterocycles. The van der Waals surface area contributed by atoms with Crippen LogP contribution < -0.4 is 0 Å². The van der Waals surface area contributed by atoms with Crippen LogP contribution in [0.4, 0.5) is 8.78 Å². The fraction of sp³-hybridized carbons (Fsp3) is 0.167. The maximum Gasteiger partial charge on any atom is 0.278 e. The Morgan fingerprint density at radius 2 is 2.04 bits per heavy atom. The van der Waals surface area contributed by atoms with Gasteiger partial charge < -0.3 is 14.0 Å². The van der Waals surface area contributed by atoms with Crippen LogP contribution in [0, 0.1) is 0 Å². The van der Waals surface area contributed by atoms with E-state index in [1.165, 1.54) is 22.9 Å². The third kappa shape index (κ3) is 3.41. The lowest BCUT2D eigenvalue weighted by Crippen LogP contribution is -2.08. The van der Waals surface area contributed by atoms with Gasteiger partial charge in [0.15, 0.2) is 5.65 Å². The Hall–Kier alpha value is -2.36. The molecule has 0 bridgehead atoms. The third-order valence-electron chi connectivity index (χ3n) is 4.12. The van der Waals surface area contributed by atoms with E-state index >= 15 is 0 Å². The smallest absolute Gasteiger partial charge is 0.278 e. The van der Waals surface area contributed by atoms with Crippen molar-refractivity contribution in [3.63, 3.8) is 0 Å². The lowest BCUT2D eigenvalue weighted by Gasteiger charge is -2.11. The zero-order chi connectivity index (χ0) is 20.1. The lowest BCUT2D eigenvalue weighted by atomic mass is 10.1. The fourth-order valence-electron chi connectivity index (χ4n) is 2.68. The van der Waals surface area contributed by atoms with Gasteiger partial charge in [0, 0.05) is 30.4 Å². The van der Waals surface area contributed by atoms with E-state index in [0.717, 1.165) is 6.92 Å². The maximum absolute atomic E-state index is 13.7. The second-order valence-electron chi connectivity index (χ2n) is 6.22. The highest BCUT2D eigenvalue weighted by atomic mass is 79.9. The molecule has 4 aromatic rings. The number of pyridine rings is 1. The summed E-state index contributed by atoms with van der Waals surface area (Å²) in [5.41, 5.74) is 1.81. The Labute approximate surface area is 170 Å². The third-order valence-corrected chi connectivity index (χ3v) is 5.01. The predicted octanol–water partition coefficient (Wildman–Crippen LogP) is 5.07. The van der Waals surface area contributed by atoms with Crippen molar-refractivity contribution in [1.82, 2.24) is 19.5 Å². The van der Waals surface area contributed by atoms with Crippen molar-refractivity contribution < 1.29 is 18.4 Å². The average Bonchev–Trinajstić information content (AvgIpc) is 3.27. The van der Waals surface area contributed by atoms with Crippen molar-refractivity contribution in [3.05, 3.63) is 57.3 Å². The second kappa shape index (κ2) is 6.91. The number of hydrogen-bond donors (Lipinski definition) is 1. The van der Waals surface area contributed by atoms with Crippen LogP contribution in [0.15, 0.2) is 45.7 Å². The van der Waals surface area contributed by atoms with Gasteiger partial charge in [-0.15, -0.1) is 0 Å². The summed E-state index contributed by atoms with van der Waals surface area (Å²) in [6.07, 6.45) is 2.83. The molecule has 0 atom stereocenters. The topological polar surface area (TPSA) is 76.5 Å². The molecule has 0 aliphatic rings. The van der Waals surface area contributed by atoms with Crippen molar-refractivity contribution in [2.24, 2.45) is 0 Å². The minimum atomic E-state index is -2.99. The Balaban J connectivity index is 1.75. The SMILES string of the molecule is CC(F)(F)c1cc(Br)c2nc(-c3nc(-c4ccc(CO)cc4Cl)no3)cn2c1. The number of fused-ring (bicyclic) bond motifs is 1. The normalized spacial score (nSPS) is 12.1. The zero-order valence-corrected chi connectivity index (χ0v) is 16.7. The summed E-state index contributed by atoms with van der Waals surface area (Å²) in [6, 6.07) is 6.32. The molecular weight excluding hydrogens is 458 g/mol. The minimum absolute atomic E-state index is 0.123. The van der Waals surface area contributed by atoms with Gasteiger partial charge in [0.25, 0.3) is 11.8 Å². The summed E-state index contributed by atoms with van der Waals surface area (Å²) in [4.78, 5) is 8.67. The quantitative estimate of drug-likeness (QED) is 0.451. The van der Waals surface area contributed by atoms with Gasteiger partial charge in [-0.3, -0.25) is 0 Å². The van der Waals surface area contributed by atoms with Crippen molar-refractivity contribution in [2.45, 2.75) is 19.5 Å². The predicted molar refractivity (Wildman–Crippen MR) is 102 cm³/mol. The summed E-state index contributed by atoms with van der Waals surface area (Å²) in [6.45, 7) is 0.695. The van der Waals surface area contributed by atoms with Crippen LogP contribution in [0.2, 0.25) is 5.02 Å². The molecular formula is C18H12BrClF2N4O2. The van der Waals surface area contributed by atoms with Crippen LogP contribution >= 0.6 is 27.5 Å². The standard InChI is InChI=1S/C18H12BrClF2N4O2/c1-18(21,22)10-5-12(19)16-23-14(7-26(16)6-10)17-24-15(25-28-17)11-3-2-9(8-27)4-13(11)20/h2-7,27H,8H2,1H3. The number of aromatic nitrogens is 4. The van der Waals surface area contributed by atoms with Crippen molar-refractivity contribution >= 4 is 33.2 Å². The first-order chi connectivity index (χ1) is 13.3. The molecule has 0 aliphatic carbocycles. The van der Waals surface area contributed by atoms with E-state index < -0.39 is 5.92 Å². The summed E-state index contributed by atoms with van der Waals surface area (Å²) in [5.74, 6) is -2.62. The van der Waals surface area contributed by atoms with E-state index in [9.17, 15) is 8.78 Å². The molecule has 0 amide bonds. The van der Waals surface area contributed by atoms with Gasteiger partial charge in [0.2, 0.25) is 5.82 Å². The molecule has 28 heavy (non-hydrogen) atoms. The number of nitrogens with zero attached hydrogens (tertiary/aromatic N) is 4. The van der Waals surface area contributed by atoms with Gasteiger partial charge in [-0.2, -0.15) is 4.98 Å². The average molecular weight is 470 g/mol. The second-order valence-corrected chi connectivity index (χ2v) is 7.48. The highest BCUT2D eigenvalue weighted by molar-refractivity contribution is 9.10. The molecule has 6 nitrogen and oxygen atoms in total. The van der Waals surface area contributed by atoms with E-state index in [1.54, 1.807) is 18.2 Å². The molecule has 0 unspecified atom stereocenters. The largest absolute Gasteiger partial charge is 0.392 e. The lowest BCUT2D eigenvalue weighted by molar-refractivity contribution is 0.0170. The molecule has 0 fully saturated rings. The summed E-state index contributed by atoms with van der Waals surface area (Å²) in [7, 11) is 0. The fourth-order valence-corrected chi connectivity index (χ4v) is 3.50. The monoisotopic (exact) mass is 468 g/mol. The number of halogens is 4.